The molecule has 0 unspecified atom stereocenters. The number of halogens is 1. The number of rotatable bonds is 7. The summed E-state index contributed by atoms with van der Waals surface area (Å²) >= 11 is 6.04. The lowest BCUT2D eigenvalue weighted by Gasteiger charge is -2.34. The summed E-state index contributed by atoms with van der Waals surface area (Å²) in [6.07, 6.45) is 0. The predicted molar refractivity (Wildman–Crippen MR) is 130 cm³/mol. The molecule has 34 heavy (non-hydrogen) atoms. The van der Waals surface area contributed by atoms with Crippen molar-refractivity contribution in [1.29, 1.82) is 0 Å². The second-order valence-corrected chi connectivity index (χ2v) is 9.88. The molecule has 0 saturated carbocycles. The highest BCUT2D eigenvalue weighted by Crippen LogP contribution is 2.32. The molecule has 2 heterocycles. The molecular weight excluding hydrogens is 480 g/mol. The molecule has 0 spiro atoms. The number of ether oxygens (including phenoxy) is 3. The predicted octanol–water partition coefficient (Wildman–Crippen LogP) is 3.33. The molecular formula is C23H25ClN4O5S. The Balaban J connectivity index is 1.46. The molecule has 9 nitrogen and oxygen atoms in total. The van der Waals surface area contributed by atoms with Crippen molar-refractivity contribution in [2.75, 3.05) is 52.4 Å². The van der Waals surface area contributed by atoms with Crippen LogP contribution in [0.5, 0.6) is 17.2 Å². The minimum atomic E-state index is -3.75. The Morgan fingerprint density at radius 2 is 1.47 bits per heavy atom. The van der Waals surface area contributed by atoms with Gasteiger partial charge in [-0.15, -0.1) is 10.2 Å². The molecule has 1 saturated heterocycles. The van der Waals surface area contributed by atoms with Gasteiger partial charge < -0.3 is 19.1 Å². The van der Waals surface area contributed by atoms with Crippen LogP contribution < -0.4 is 19.1 Å². The molecule has 0 N–H and O–H groups in total. The molecule has 0 bridgehead atoms. The van der Waals surface area contributed by atoms with E-state index in [-0.39, 0.29) is 10.6 Å². The third-order valence-corrected chi connectivity index (χ3v) is 7.79. The lowest BCUT2D eigenvalue weighted by Crippen LogP contribution is -2.49. The van der Waals surface area contributed by atoms with Crippen LogP contribution in [0.15, 0.2) is 53.4 Å². The number of nitrogens with zero attached hydrogens (tertiary/aromatic N) is 4. The van der Waals surface area contributed by atoms with Crippen LogP contribution in [0.4, 0.5) is 5.82 Å². The van der Waals surface area contributed by atoms with E-state index in [4.69, 9.17) is 25.8 Å². The highest BCUT2D eigenvalue weighted by atomic mass is 35.5. The van der Waals surface area contributed by atoms with Crippen molar-refractivity contribution in [3.8, 4) is 28.5 Å². The van der Waals surface area contributed by atoms with E-state index >= 15 is 0 Å². The van der Waals surface area contributed by atoms with Crippen LogP contribution in [-0.4, -0.2) is 70.4 Å². The highest BCUT2D eigenvalue weighted by molar-refractivity contribution is 7.89. The fourth-order valence-corrected chi connectivity index (χ4v) is 5.63. The lowest BCUT2D eigenvalue weighted by atomic mass is 10.1. The monoisotopic (exact) mass is 504 g/mol. The molecule has 1 aromatic heterocycles. The first-order valence-electron chi connectivity index (χ1n) is 10.5. The van der Waals surface area contributed by atoms with Crippen molar-refractivity contribution in [3.05, 3.63) is 53.6 Å². The topological polar surface area (TPSA) is 94.1 Å². The van der Waals surface area contributed by atoms with Gasteiger partial charge in [-0.05, 0) is 48.5 Å². The van der Waals surface area contributed by atoms with Crippen molar-refractivity contribution in [2.45, 2.75) is 4.90 Å². The molecule has 1 aliphatic heterocycles. The van der Waals surface area contributed by atoms with E-state index in [0.717, 1.165) is 5.56 Å². The number of hydrogen-bond acceptors (Lipinski definition) is 8. The van der Waals surface area contributed by atoms with Gasteiger partial charge in [0.1, 0.15) is 10.6 Å². The van der Waals surface area contributed by atoms with Gasteiger partial charge in [-0.2, -0.15) is 4.31 Å². The van der Waals surface area contributed by atoms with E-state index in [2.05, 4.69) is 10.2 Å². The zero-order chi connectivity index (χ0) is 24.3. The minimum Gasteiger partial charge on any atom is -0.495 e. The van der Waals surface area contributed by atoms with Gasteiger partial charge in [0.2, 0.25) is 10.0 Å². The average Bonchev–Trinajstić information content (AvgIpc) is 2.88. The first kappa shape index (κ1) is 24.1. The molecule has 2 aromatic carbocycles. The molecule has 180 valence electrons. The van der Waals surface area contributed by atoms with Crippen molar-refractivity contribution in [1.82, 2.24) is 14.5 Å². The number of benzene rings is 2. The first-order chi connectivity index (χ1) is 16.4. The van der Waals surface area contributed by atoms with E-state index in [1.54, 1.807) is 26.4 Å². The number of anilines is 1. The minimum absolute atomic E-state index is 0.0648. The number of aromatic nitrogens is 2. The molecule has 1 fully saturated rings. The third kappa shape index (κ3) is 4.75. The van der Waals surface area contributed by atoms with Gasteiger partial charge in [-0.1, -0.05) is 11.6 Å². The summed E-state index contributed by atoms with van der Waals surface area (Å²) in [4.78, 5) is 2.07. The van der Waals surface area contributed by atoms with E-state index < -0.39 is 10.0 Å². The van der Waals surface area contributed by atoms with Crippen LogP contribution in [0, 0.1) is 0 Å². The highest BCUT2D eigenvalue weighted by Gasteiger charge is 2.31. The fourth-order valence-electron chi connectivity index (χ4n) is 3.79. The van der Waals surface area contributed by atoms with Crippen LogP contribution >= 0.6 is 11.6 Å². The average molecular weight is 505 g/mol. The molecule has 11 heteroatoms. The summed E-state index contributed by atoms with van der Waals surface area (Å²) in [5, 5.41) is 9.05. The van der Waals surface area contributed by atoms with Gasteiger partial charge in [0, 0.05) is 36.8 Å². The maximum Gasteiger partial charge on any atom is 0.246 e. The summed E-state index contributed by atoms with van der Waals surface area (Å²) in [5.74, 6) is 2.20. The Hall–Kier alpha value is -3.08. The molecule has 4 rings (SSSR count). The van der Waals surface area contributed by atoms with Gasteiger partial charge >= 0.3 is 0 Å². The number of hydrogen-bond donors (Lipinski definition) is 0. The van der Waals surface area contributed by atoms with Crippen LogP contribution in [-0.2, 0) is 10.0 Å². The van der Waals surface area contributed by atoms with Gasteiger partial charge in [0.25, 0.3) is 0 Å². The Labute approximate surface area is 203 Å². The van der Waals surface area contributed by atoms with Gasteiger partial charge in [-0.25, -0.2) is 8.42 Å². The summed E-state index contributed by atoms with van der Waals surface area (Å²) in [5.41, 5.74) is 1.54. The van der Waals surface area contributed by atoms with E-state index in [1.807, 2.05) is 35.2 Å². The summed E-state index contributed by atoms with van der Waals surface area (Å²) in [6.45, 7) is 1.56. The number of sulfonamides is 1. The standard InChI is InChI=1S/C23H25ClN4O5S/c1-31-19-7-4-16(14-21(19)33-3)18-6-9-23(26-25-18)27-10-12-28(13-11-27)34(29,30)22-15-17(24)5-8-20(22)32-2/h4-9,14-15H,10-13H2,1-3H3. The van der Waals surface area contributed by atoms with Crippen LogP contribution in [0.1, 0.15) is 0 Å². The summed E-state index contributed by atoms with van der Waals surface area (Å²) < 4.78 is 43.7. The largest absolute Gasteiger partial charge is 0.495 e. The smallest absolute Gasteiger partial charge is 0.246 e. The first-order valence-corrected chi connectivity index (χ1v) is 12.3. The Bertz CT molecular complexity index is 1260. The maximum atomic E-state index is 13.2. The van der Waals surface area contributed by atoms with E-state index in [9.17, 15) is 8.42 Å². The Morgan fingerprint density at radius 1 is 0.794 bits per heavy atom. The molecule has 0 atom stereocenters. The molecule has 3 aromatic rings. The van der Waals surface area contributed by atoms with Crippen LogP contribution in [0.2, 0.25) is 5.02 Å². The van der Waals surface area contributed by atoms with Crippen LogP contribution in [0.25, 0.3) is 11.3 Å². The quantitative estimate of drug-likeness (QED) is 0.483. The molecule has 1 aliphatic rings. The zero-order valence-electron chi connectivity index (χ0n) is 19.1. The summed E-state index contributed by atoms with van der Waals surface area (Å²) in [6, 6.07) is 13.9. The number of methoxy groups -OCH3 is 3. The molecule has 0 radical (unpaired) electrons. The summed E-state index contributed by atoms with van der Waals surface area (Å²) in [7, 11) is 0.854. The number of piperazine rings is 1. The Kier molecular flexibility index (Phi) is 7.11. The van der Waals surface area contributed by atoms with Crippen molar-refractivity contribution in [3.63, 3.8) is 0 Å². The lowest BCUT2D eigenvalue weighted by molar-refractivity contribution is 0.355. The van der Waals surface area contributed by atoms with Gasteiger partial charge in [-0.3, -0.25) is 0 Å². The second kappa shape index (κ2) is 10.0. The Morgan fingerprint density at radius 3 is 2.09 bits per heavy atom. The fraction of sp³-hybridized carbons (Fsp3) is 0.304. The van der Waals surface area contributed by atoms with E-state index in [0.29, 0.717) is 54.2 Å². The normalized spacial score (nSPS) is 14.6. The second-order valence-electron chi connectivity index (χ2n) is 7.53. The third-order valence-electron chi connectivity index (χ3n) is 5.64. The van der Waals surface area contributed by atoms with Crippen molar-refractivity contribution in [2.24, 2.45) is 0 Å². The van der Waals surface area contributed by atoms with Crippen molar-refractivity contribution >= 4 is 27.4 Å². The van der Waals surface area contributed by atoms with Crippen molar-refractivity contribution < 1.29 is 22.6 Å². The zero-order valence-corrected chi connectivity index (χ0v) is 20.6. The van der Waals surface area contributed by atoms with Crippen LogP contribution in [0.3, 0.4) is 0 Å². The molecule has 0 aliphatic carbocycles. The molecule has 0 amide bonds. The SMILES string of the molecule is COc1ccc(-c2ccc(N3CCN(S(=O)(=O)c4cc(Cl)ccc4OC)CC3)nn2)cc1OC. The van der Waals surface area contributed by atoms with Gasteiger partial charge in [0.05, 0.1) is 27.0 Å². The van der Waals surface area contributed by atoms with Gasteiger partial charge in [0.15, 0.2) is 17.3 Å². The van der Waals surface area contributed by atoms with E-state index in [1.165, 1.54) is 17.5 Å². The maximum absolute atomic E-state index is 13.2.